The highest BCUT2D eigenvalue weighted by Gasteiger charge is 2.15. The van der Waals surface area contributed by atoms with Gasteiger partial charge in [-0.3, -0.25) is 4.79 Å². The molecule has 6 heteroatoms. The van der Waals surface area contributed by atoms with Crippen molar-refractivity contribution in [1.82, 2.24) is 14.9 Å². The first kappa shape index (κ1) is 13.2. The van der Waals surface area contributed by atoms with Gasteiger partial charge >= 0.3 is 6.01 Å². The lowest BCUT2D eigenvalue weighted by molar-refractivity contribution is 0.369. The van der Waals surface area contributed by atoms with Crippen LogP contribution in [0.4, 0.5) is 0 Å². The van der Waals surface area contributed by atoms with E-state index in [2.05, 4.69) is 10.3 Å². The number of fused-ring (bicyclic) bond motifs is 1. The van der Waals surface area contributed by atoms with Gasteiger partial charge in [-0.2, -0.15) is 4.98 Å². The Hall–Kier alpha value is -2.76. The normalized spacial score (nSPS) is 13.7. The Kier molecular flexibility index (Phi) is 3.35. The van der Waals surface area contributed by atoms with Crippen LogP contribution in [0.5, 0.6) is 11.8 Å². The van der Waals surface area contributed by atoms with Crippen molar-refractivity contribution < 1.29 is 9.47 Å². The molecule has 0 radical (unpaired) electrons. The van der Waals surface area contributed by atoms with Crippen molar-refractivity contribution in [1.29, 1.82) is 0 Å². The molecule has 0 saturated heterocycles. The molecule has 0 unspecified atom stereocenters. The molecule has 1 N–H and O–H groups in total. The van der Waals surface area contributed by atoms with E-state index >= 15 is 0 Å². The Balaban J connectivity index is 2.31. The van der Waals surface area contributed by atoms with Crippen LogP contribution in [0.3, 0.4) is 0 Å². The number of allylic oxidation sites excluding steroid dienone is 2. The summed E-state index contributed by atoms with van der Waals surface area (Å²) in [5.41, 5.74) is 1.12. The van der Waals surface area contributed by atoms with Gasteiger partial charge in [0.15, 0.2) is 0 Å². The summed E-state index contributed by atoms with van der Waals surface area (Å²) in [4.78, 5) is 17.2. The fourth-order valence-electron chi connectivity index (χ4n) is 2.25. The van der Waals surface area contributed by atoms with Crippen molar-refractivity contribution in [3.8, 4) is 11.8 Å². The molecule has 0 bridgehead atoms. The average Bonchev–Trinajstić information content (AvgIpc) is 2.55. The van der Waals surface area contributed by atoms with E-state index in [9.17, 15) is 4.79 Å². The zero-order chi connectivity index (χ0) is 14.8. The molecule has 0 fully saturated rings. The fourth-order valence-corrected chi connectivity index (χ4v) is 2.25. The smallest absolute Gasteiger partial charge is 0.304 e. The molecule has 21 heavy (non-hydrogen) atoms. The molecule has 0 saturated carbocycles. The van der Waals surface area contributed by atoms with Crippen LogP contribution in [0.25, 0.3) is 16.6 Å². The van der Waals surface area contributed by atoms with Gasteiger partial charge in [-0.15, -0.1) is 0 Å². The number of benzene rings is 1. The predicted molar refractivity (Wildman–Crippen MR) is 80.5 cm³/mol. The van der Waals surface area contributed by atoms with E-state index in [4.69, 9.17) is 9.47 Å². The van der Waals surface area contributed by atoms with Crippen LogP contribution in [0, 0.1) is 0 Å². The van der Waals surface area contributed by atoms with Crippen LogP contribution >= 0.6 is 0 Å². The Morgan fingerprint density at radius 1 is 1.29 bits per heavy atom. The molecular formula is C15H15N3O3. The number of rotatable bonds is 3. The molecule has 1 aromatic heterocycles. The molecule has 1 aliphatic heterocycles. The SMILES string of the molecule is COc1ccc2nc(OC)n(C3=CCNC=C3)c(=O)c2c1. The molecule has 108 valence electrons. The number of nitrogens with one attached hydrogen (secondary N) is 1. The van der Waals surface area contributed by atoms with Gasteiger partial charge in [0.25, 0.3) is 5.56 Å². The van der Waals surface area contributed by atoms with Crippen LogP contribution in [0.2, 0.25) is 0 Å². The minimum atomic E-state index is -0.187. The summed E-state index contributed by atoms with van der Waals surface area (Å²) >= 11 is 0. The number of nitrogens with zero attached hydrogens (tertiary/aromatic N) is 2. The average molecular weight is 285 g/mol. The van der Waals surface area contributed by atoms with Crippen LogP contribution in [0.1, 0.15) is 0 Å². The summed E-state index contributed by atoms with van der Waals surface area (Å²) in [6.45, 7) is 0.650. The molecule has 3 rings (SSSR count). The first-order valence-electron chi connectivity index (χ1n) is 6.50. The number of methoxy groups -OCH3 is 2. The van der Waals surface area contributed by atoms with Crippen molar-refractivity contribution in [3.63, 3.8) is 0 Å². The van der Waals surface area contributed by atoms with Crippen LogP contribution < -0.4 is 20.3 Å². The van der Waals surface area contributed by atoms with E-state index < -0.39 is 0 Å². The van der Waals surface area contributed by atoms with Crippen molar-refractivity contribution in [2.45, 2.75) is 0 Å². The van der Waals surface area contributed by atoms with Crippen molar-refractivity contribution in [2.24, 2.45) is 0 Å². The Labute approximate surface area is 121 Å². The molecule has 1 aliphatic rings. The lowest BCUT2D eigenvalue weighted by Gasteiger charge is -2.15. The Morgan fingerprint density at radius 3 is 2.81 bits per heavy atom. The number of dihydropyridines is 1. The predicted octanol–water partition coefficient (Wildman–Crippen LogP) is 1.37. The van der Waals surface area contributed by atoms with Gasteiger partial charge in [0, 0.05) is 6.54 Å². The standard InChI is InChI=1S/C15H15N3O3/c1-20-11-3-4-13-12(9-11)14(19)18(15(17-13)21-2)10-5-7-16-8-6-10/h3-7,9,16H,8H2,1-2H3. The summed E-state index contributed by atoms with van der Waals surface area (Å²) < 4.78 is 11.9. The summed E-state index contributed by atoms with van der Waals surface area (Å²) in [5.74, 6) is 0.618. The highest BCUT2D eigenvalue weighted by molar-refractivity contribution is 5.81. The Bertz CT molecular complexity index is 806. The van der Waals surface area contributed by atoms with E-state index in [0.717, 1.165) is 5.70 Å². The third kappa shape index (κ3) is 2.24. The quantitative estimate of drug-likeness (QED) is 0.922. The molecule has 0 atom stereocenters. The highest BCUT2D eigenvalue weighted by Crippen LogP contribution is 2.21. The van der Waals surface area contributed by atoms with Crippen LogP contribution in [-0.2, 0) is 0 Å². The van der Waals surface area contributed by atoms with E-state index in [-0.39, 0.29) is 11.6 Å². The third-order valence-electron chi connectivity index (χ3n) is 3.29. The zero-order valence-corrected chi connectivity index (χ0v) is 11.8. The van der Waals surface area contributed by atoms with Gasteiger partial charge in [-0.1, -0.05) is 0 Å². The van der Waals surface area contributed by atoms with Crippen molar-refractivity contribution in [2.75, 3.05) is 20.8 Å². The summed E-state index contributed by atoms with van der Waals surface area (Å²) in [5, 5.41) is 3.53. The number of ether oxygens (including phenoxy) is 2. The fraction of sp³-hybridized carbons (Fsp3) is 0.200. The summed E-state index contributed by atoms with van der Waals surface area (Å²) in [7, 11) is 3.06. The Morgan fingerprint density at radius 2 is 2.14 bits per heavy atom. The number of aromatic nitrogens is 2. The second-order valence-corrected chi connectivity index (χ2v) is 4.49. The largest absolute Gasteiger partial charge is 0.497 e. The third-order valence-corrected chi connectivity index (χ3v) is 3.29. The first-order chi connectivity index (χ1) is 10.2. The van der Waals surface area contributed by atoms with Crippen molar-refractivity contribution >= 4 is 16.6 Å². The minimum Gasteiger partial charge on any atom is -0.497 e. The number of hydrogen-bond acceptors (Lipinski definition) is 5. The maximum absolute atomic E-state index is 12.8. The van der Waals surface area contributed by atoms with Crippen molar-refractivity contribution in [3.05, 3.63) is 46.9 Å². The maximum Gasteiger partial charge on any atom is 0.304 e. The summed E-state index contributed by atoms with van der Waals surface area (Å²) in [6, 6.07) is 5.46. The van der Waals surface area contributed by atoms with E-state index in [0.29, 0.717) is 23.2 Å². The molecule has 1 aromatic carbocycles. The van der Waals surface area contributed by atoms with E-state index in [1.165, 1.54) is 11.7 Å². The van der Waals surface area contributed by atoms with E-state index in [1.54, 1.807) is 37.6 Å². The lowest BCUT2D eigenvalue weighted by atomic mass is 10.2. The van der Waals surface area contributed by atoms with Crippen LogP contribution in [-0.4, -0.2) is 30.3 Å². The lowest BCUT2D eigenvalue weighted by Crippen LogP contribution is -2.24. The van der Waals surface area contributed by atoms with Gasteiger partial charge in [-0.25, -0.2) is 4.57 Å². The second kappa shape index (κ2) is 5.32. The minimum absolute atomic E-state index is 0.187. The van der Waals surface area contributed by atoms with E-state index in [1.807, 2.05) is 6.08 Å². The van der Waals surface area contributed by atoms with Gasteiger partial charge in [0.2, 0.25) is 0 Å². The zero-order valence-electron chi connectivity index (χ0n) is 11.8. The van der Waals surface area contributed by atoms with Gasteiger partial charge < -0.3 is 14.8 Å². The topological polar surface area (TPSA) is 65.4 Å². The molecule has 0 spiro atoms. The number of hydrogen-bond donors (Lipinski definition) is 1. The molecule has 0 aliphatic carbocycles. The van der Waals surface area contributed by atoms with Gasteiger partial charge in [0.05, 0.1) is 30.8 Å². The maximum atomic E-state index is 12.8. The first-order valence-corrected chi connectivity index (χ1v) is 6.50. The monoisotopic (exact) mass is 285 g/mol. The van der Waals surface area contributed by atoms with Crippen LogP contribution in [0.15, 0.2) is 41.3 Å². The summed E-state index contributed by atoms with van der Waals surface area (Å²) in [6.07, 6.45) is 5.50. The molecule has 6 nitrogen and oxygen atoms in total. The van der Waals surface area contributed by atoms with Gasteiger partial charge in [-0.05, 0) is 36.6 Å². The second-order valence-electron chi connectivity index (χ2n) is 4.49. The molecule has 0 amide bonds. The molecular weight excluding hydrogens is 270 g/mol. The highest BCUT2D eigenvalue weighted by atomic mass is 16.5. The van der Waals surface area contributed by atoms with Gasteiger partial charge in [0.1, 0.15) is 5.75 Å². The molecule has 2 heterocycles. The molecule has 2 aromatic rings.